The number of hydrogen-bond acceptors (Lipinski definition) is 2. The summed E-state index contributed by atoms with van der Waals surface area (Å²) in [5, 5.41) is 4.23. The molecule has 2 N–H and O–H groups in total. The fourth-order valence-corrected chi connectivity index (χ4v) is 2.42. The summed E-state index contributed by atoms with van der Waals surface area (Å²) in [5.41, 5.74) is 6.49. The van der Waals surface area contributed by atoms with E-state index in [0.29, 0.717) is 18.7 Å². The molecular formula is C11H16F3N3. The van der Waals surface area contributed by atoms with Crippen LogP contribution in [-0.4, -0.2) is 16.0 Å². The number of hydrogen-bond donors (Lipinski definition) is 1. The largest absolute Gasteiger partial charge is 0.391 e. The van der Waals surface area contributed by atoms with Gasteiger partial charge in [-0.1, -0.05) is 0 Å². The van der Waals surface area contributed by atoms with Crippen molar-refractivity contribution < 1.29 is 13.2 Å². The van der Waals surface area contributed by atoms with E-state index in [1.54, 1.807) is 17.8 Å². The first-order valence-electron chi connectivity index (χ1n) is 5.74. The van der Waals surface area contributed by atoms with E-state index >= 15 is 0 Å². The molecular weight excluding hydrogens is 231 g/mol. The lowest BCUT2D eigenvalue weighted by molar-refractivity contribution is -0.182. The van der Waals surface area contributed by atoms with Gasteiger partial charge in [-0.05, 0) is 25.7 Å². The lowest BCUT2D eigenvalue weighted by Gasteiger charge is -2.28. The zero-order valence-corrected chi connectivity index (χ0v) is 9.67. The summed E-state index contributed by atoms with van der Waals surface area (Å²) in [7, 11) is 1.74. The van der Waals surface area contributed by atoms with Crippen molar-refractivity contribution >= 4 is 5.82 Å². The van der Waals surface area contributed by atoms with Crippen molar-refractivity contribution in [2.24, 2.45) is 13.0 Å². The number of nitrogen functional groups attached to an aromatic ring is 1. The third-order valence-electron chi connectivity index (χ3n) is 3.54. The highest BCUT2D eigenvalue weighted by atomic mass is 19.4. The third-order valence-corrected chi connectivity index (χ3v) is 3.54. The van der Waals surface area contributed by atoms with Gasteiger partial charge in [0.2, 0.25) is 0 Å². The van der Waals surface area contributed by atoms with Gasteiger partial charge in [-0.3, -0.25) is 4.68 Å². The maximum atomic E-state index is 12.5. The Kier molecular flexibility index (Phi) is 3.05. The molecule has 0 saturated heterocycles. The molecule has 3 nitrogen and oxygen atoms in total. The second-order valence-electron chi connectivity index (χ2n) is 4.71. The lowest BCUT2D eigenvalue weighted by atomic mass is 9.80. The highest BCUT2D eigenvalue weighted by molar-refractivity contribution is 5.32. The molecule has 1 heterocycles. The van der Waals surface area contributed by atoms with Crippen LogP contribution in [0.1, 0.15) is 37.3 Å². The quantitative estimate of drug-likeness (QED) is 0.829. The van der Waals surface area contributed by atoms with Crippen molar-refractivity contribution in [1.29, 1.82) is 0 Å². The first kappa shape index (κ1) is 12.3. The summed E-state index contributed by atoms with van der Waals surface area (Å²) in [4.78, 5) is 0. The Hall–Kier alpha value is -1.20. The monoisotopic (exact) mass is 247 g/mol. The summed E-state index contributed by atoms with van der Waals surface area (Å²) in [5.74, 6) is -0.463. The molecule has 1 fully saturated rings. The summed E-state index contributed by atoms with van der Waals surface area (Å²) in [6.07, 6.45) is -2.56. The Bertz CT molecular complexity index is 370. The number of aryl methyl sites for hydroxylation is 1. The van der Waals surface area contributed by atoms with Gasteiger partial charge in [0.25, 0.3) is 0 Å². The Labute approximate surface area is 97.8 Å². The predicted molar refractivity (Wildman–Crippen MR) is 58.4 cm³/mol. The topological polar surface area (TPSA) is 43.8 Å². The van der Waals surface area contributed by atoms with Gasteiger partial charge in [-0.2, -0.15) is 18.3 Å². The first-order valence-corrected chi connectivity index (χ1v) is 5.74. The zero-order valence-electron chi connectivity index (χ0n) is 9.67. The normalized spacial score (nSPS) is 26.1. The fraction of sp³-hybridized carbons (Fsp3) is 0.727. The number of anilines is 1. The molecule has 0 aromatic carbocycles. The number of alkyl halides is 3. The first-order chi connectivity index (χ1) is 7.88. The van der Waals surface area contributed by atoms with Crippen LogP contribution in [0.4, 0.5) is 19.0 Å². The smallest absolute Gasteiger partial charge is 0.384 e. The van der Waals surface area contributed by atoms with Crippen LogP contribution in [0.25, 0.3) is 0 Å². The van der Waals surface area contributed by atoms with Crippen LogP contribution < -0.4 is 5.73 Å². The molecule has 0 bridgehead atoms. The Morgan fingerprint density at radius 2 is 1.88 bits per heavy atom. The molecule has 1 aliphatic rings. The zero-order chi connectivity index (χ0) is 12.6. The minimum absolute atomic E-state index is 0.122. The van der Waals surface area contributed by atoms with Gasteiger partial charge in [0.05, 0.1) is 11.6 Å². The van der Waals surface area contributed by atoms with Crippen molar-refractivity contribution in [2.75, 3.05) is 5.73 Å². The molecule has 1 aromatic heterocycles. The molecule has 96 valence electrons. The van der Waals surface area contributed by atoms with Gasteiger partial charge in [-0.15, -0.1) is 0 Å². The van der Waals surface area contributed by atoms with E-state index in [9.17, 15) is 13.2 Å². The van der Waals surface area contributed by atoms with Gasteiger partial charge in [0.1, 0.15) is 5.82 Å². The summed E-state index contributed by atoms with van der Waals surface area (Å²) in [6, 6.07) is 1.76. The summed E-state index contributed by atoms with van der Waals surface area (Å²) >= 11 is 0. The van der Waals surface area contributed by atoms with Crippen molar-refractivity contribution in [3.05, 3.63) is 11.8 Å². The lowest BCUT2D eigenvalue weighted by Crippen LogP contribution is -2.27. The van der Waals surface area contributed by atoms with Crippen molar-refractivity contribution in [3.8, 4) is 0 Å². The number of halogens is 3. The molecule has 1 aromatic rings. The van der Waals surface area contributed by atoms with Crippen LogP contribution in [-0.2, 0) is 7.05 Å². The standard InChI is InChI=1S/C11H16F3N3/c1-17-10(15)6-9(16-17)7-2-4-8(5-3-7)11(12,13)14/h6-8H,2-5,15H2,1H3. The fourth-order valence-electron chi connectivity index (χ4n) is 2.42. The molecule has 1 aliphatic carbocycles. The number of nitrogens with two attached hydrogens (primary N) is 1. The van der Waals surface area contributed by atoms with Gasteiger partial charge in [-0.25, -0.2) is 0 Å². The van der Waals surface area contributed by atoms with Crippen molar-refractivity contribution in [3.63, 3.8) is 0 Å². The molecule has 0 aliphatic heterocycles. The van der Waals surface area contributed by atoms with Crippen LogP contribution in [0.5, 0.6) is 0 Å². The Morgan fingerprint density at radius 3 is 2.29 bits per heavy atom. The number of aromatic nitrogens is 2. The summed E-state index contributed by atoms with van der Waals surface area (Å²) < 4.78 is 39.1. The van der Waals surface area contributed by atoms with E-state index in [2.05, 4.69) is 5.10 Å². The van der Waals surface area contributed by atoms with E-state index in [4.69, 9.17) is 5.73 Å². The molecule has 1 saturated carbocycles. The average Bonchev–Trinajstić information content (AvgIpc) is 2.58. The van der Waals surface area contributed by atoms with Crippen molar-refractivity contribution in [1.82, 2.24) is 9.78 Å². The van der Waals surface area contributed by atoms with E-state index in [0.717, 1.165) is 5.69 Å². The maximum absolute atomic E-state index is 12.5. The Balaban J connectivity index is 2.00. The second kappa shape index (κ2) is 4.23. The van der Waals surface area contributed by atoms with Crippen LogP contribution in [0.3, 0.4) is 0 Å². The minimum atomic E-state index is -4.05. The van der Waals surface area contributed by atoms with Gasteiger partial charge in [0.15, 0.2) is 0 Å². The van der Waals surface area contributed by atoms with Gasteiger partial charge in [0, 0.05) is 19.0 Å². The molecule has 0 unspecified atom stereocenters. The van der Waals surface area contributed by atoms with E-state index in [1.165, 1.54) is 0 Å². The van der Waals surface area contributed by atoms with E-state index in [-0.39, 0.29) is 18.8 Å². The van der Waals surface area contributed by atoms with Gasteiger partial charge >= 0.3 is 6.18 Å². The SMILES string of the molecule is Cn1nc(C2CCC(C(F)(F)F)CC2)cc1N. The van der Waals surface area contributed by atoms with Crippen LogP contribution in [0.2, 0.25) is 0 Å². The number of nitrogens with zero attached hydrogens (tertiary/aromatic N) is 2. The second-order valence-corrected chi connectivity index (χ2v) is 4.71. The molecule has 0 atom stereocenters. The van der Waals surface area contributed by atoms with Crippen LogP contribution >= 0.6 is 0 Å². The van der Waals surface area contributed by atoms with Gasteiger partial charge < -0.3 is 5.73 Å². The minimum Gasteiger partial charge on any atom is -0.384 e. The van der Waals surface area contributed by atoms with E-state index < -0.39 is 12.1 Å². The van der Waals surface area contributed by atoms with E-state index in [1.807, 2.05) is 0 Å². The van der Waals surface area contributed by atoms with Crippen molar-refractivity contribution in [2.45, 2.75) is 37.8 Å². The Morgan fingerprint density at radius 1 is 1.29 bits per heavy atom. The highest BCUT2D eigenvalue weighted by Crippen LogP contribution is 2.42. The molecule has 0 radical (unpaired) electrons. The molecule has 0 amide bonds. The molecule has 2 rings (SSSR count). The third kappa shape index (κ3) is 2.56. The highest BCUT2D eigenvalue weighted by Gasteiger charge is 2.41. The van der Waals surface area contributed by atoms with Crippen LogP contribution in [0.15, 0.2) is 6.07 Å². The molecule has 0 spiro atoms. The number of rotatable bonds is 1. The summed E-state index contributed by atoms with van der Waals surface area (Å²) in [6.45, 7) is 0. The maximum Gasteiger partial charge on any atom is 0.391 e. The molecule has 6 heteroatoms. The predicted octanol–water partition coefficient (Wildman–Crippen LogP) is 2.84. The van der Waals surface area contributed by atoms with Crippen LogP contribution in [0, 0.1) is 5.92 Å². The molecule has 17 heavy (non-hydrogen) atoms. The average molecular weight is 247 g/mol.